The molecule has 3 atom stereocenters. The van der Waals surface area contributed by atoms with Gasteiger partial charge in [-0.25, -0.2) is 0 Å². The van der Waals surface area contributed by atoms with Gasteiger partial charge in [-0.15, -0.1) is 0 Å². The van der Waals surface area contributed by atoms with Crippen LogP contribution in [0.25, 0.3) is 0 Å². The third-order valence-electron chi connectivity index (χ3n) is 4.70. The Balaban J connectivity index is 1.61. The molecular formula is C14H21NO3. The van der Waals surface area contributed by atoms with Gasteiger partial charge in [-0.05, 0) is 50.4 Å². The molecule has 1 aliphatic heterocycles. The SMILES string of the molecule is O=C(O)C[C@@H]1CCCCN1C(=O)[C@@H]1C[C@H]1C1CC1. The van der Waals surface area contributed by atoms with Crippen LogP contribution in [0.4, 0.5) is 0 Å². The Hall–Kier alpha value is -1.06. The standard InChI is InChI=1S/C14H21NO3/c16-13(17)7-10-3-1-2-6-15(10)14(18)12-8-11(12)9-4-5-9/h9-12H,1-8H2,(H,16,17)/t10-,11-,12+/m0/s1. The van der Waals surface area contributed by atoms with Crippen LogP contribution in [0.1, 0.15) is 44.9 Å². The highest BCUT2D eigenvalue weighted by atomic mass is 16.4. The van der Waals surface area contributed by atoms with Crippen LogP contribution in [0.5, 0.6) is 0 Å². The summed E-state index contributed by atoms with van der Waals surface area (Å²) in [4.78, 5) is 25.2. The van der Waals surface area contributed by atoms with Gasteiger partial charge in [0.2, 0.25) is 5.91 Å². The first-order chi connectivity index (χ1) is 8.66. The summed E-state index contributed by atoms with van der Waals surface area (Å²) in [6, 6.07) is -0.0517. The van der Waals surface area contributed by atoms with Gasteiger partial charge in [0.05, 0.1) is 6.42 Å². The number of hydrogen-bond donors (Lipinski definition) is 1. The molecule has 1 heterocycles. The van der Waals surface area contributed by atoms with Gasteiger partial charge in [-0.2, -0.15) is 0 Å². The number of amides is 1. The van der Waals surface area contributed by atoms with Crippen LogP contribution in [-0.4, -0.2) is 34.5 Å². The first-order valence-electron chi connectivity index (χ1n) is 7.19. The molecule has 1 amide bonds. The maximum Gasteiger partial charge on any atom is 0.305 e. The molecule has 3 aliphatic rings. The number of nitrogens with zero attached hydrogens (tertiary/aromatic N) is 1. The summed E-state index contributed by atoms with van der Waals surface area (Å²) < 4.78 is 0. The molecule has 18 heavy (non-hydrogen) atoms. The molecule has 1 saturated heterocycles. The van der Waals surface area contributed by atoms with E-state index in [1.807, 2.05) is 4.90 Å². The lowest BCUT2D eigenvalue weighted by atomic mass is 9.98. The fourth-order valence-corrected chi connectivity index (χ4v) is 3.46. The summed E-state index contributed by atoms with van der Waals surface area (Å²) in [5, 5.41) is 8.93. The summed E-state index contributed by atoms with van der Waals surface area (Å²) in [5.74, 6) is 1.13. The lowest BCUT2D eigenvalue weighted by Crippen LogP contribution is -2.45. The molecular weight excluding hydrogens is 230 g/mol. The fraction of sp³-hybridized carbons (Fsp3) is 0.857. The minimum absolute atomic E-state index is 0.0517. The molecule has 4 heteroatoms. The number of carboxylic acids is 1. The smallest absolute Gasteiger partial charge is 0.305 e. The third-order valence-corrected chi connectivity index (χ3v) is 4.70. The van der Waals surface area contributed by atoms with Crippen LogP contribution in [0, 0.1) is 17.8 Å². The molecule has 2 saturated carbocycles. The molecule has 0 aromatic rings. The Bertz CT molecular complexity index is 364. The van der Waals surface area contributed by atoms with Crippen LogP contribution in [0.15, 0.2) is 0 Å². The number of rotatable bonds is 4. The largest absolute Gasteiger partial charge is 0.481 e. The van der Waals surface area contributed by atoms with Crippen molar-refractivity contribution in [3.05, 3.63) is 0 Å². The van der Waals surface area contributed by atoms with Crippen molar-refractivity contribution in [3.63, 3.8) is 0 Å². The second-order valence-electron chi connectivity index (χ2n) is 6.12. The first kappa shape index (κ1) is 12.0. The molecule has 0 spiro atoms. The highest BCUT2D eigenvalue weighted by Crippen LogP contribution is 2.55. The summed E-state index contributed by atoms with van der Waals surface area (Å²) in [6.45, 7) is 0.769. The van der Waals surface area contributed by atoms with Crippen molar-refractivity contribution in [2.45, 2.75) is 51.0 Å². The van der Waals surface area contributed by atoms with Gasteiger partial charge in [-0.3, -0.25) is 9.59 Å². The van der Waals surface area contributed by atoms with Crippen LogP contribution in [0.3, 0.4) is 0 Å². The second-order valence-corrected chi connectivity index (χ2v) is 6.12. The van der Waals surface area contributed by atoms with Crippen molar-refractivity contribution in [1.29, 1.82) is 0 Å². The molecule has 1 N–H and O–H groups in total. The molecule has 0 radical (unpaired) electrons. The minimum atomic E-state index is -0.783. The molecule has 100 valence electrons. The fourth-order valence-electron chi connectivity index (χ4n) is 3.46. The van der Waals surface area contributed by atoms with E-state index in [2.05, 4.69) is 0 Å². The van der Waals surface area contributed by atoms with Gasteiger partial charge in [-0.1, -0.05) is 0 Å². The number of piperidine rings is 1. The number of carbonyl (C=O) groups excluding carboxylic acids is 1. The first-order valence-corrected chi connectivity index (χ1v) is 7.19. The zero-order chi connectivity index (χ0) is 12.7. The van der Waals surface area contributed by atoms with Crippen molar-refractivity contribution in [2.75, 3.05) is 6.54 Å². The van der Waals surface area contributed by atoms with Crippen molar-refractivity contribution in [1.82, 2.24) is 4.90 Å². The van der Waals surface area contributed by atoms with Gasteiger partial charge >= 0.3 is 5.97 Å². The van der Waals surface area contributed by atoms with Crippen LogP contribution in [0.2, 0.25) is 0 Å². The van der Waals surface area contributed by atoms with E-state index >= 15 is 0 Å². The summed E-state index contributed by atoms with van der Waals surface area (Å²) in [5.41, 5.74) is 0. The van der Waals surface area contributed by atoms with E-state index in [4.69, 9.17) is 5.11 Å². The highest BCUT2D eigenvalue weighted by Gasteiger charge is 2.52. The lowest BCUT2D eigenvalue weighted by Gasteiger charge is -2.35. The molecule has 3 fully saturated rings. The Morgan fingerprint density at radius 3 is 2.61 bits per heavy atom. The molecule has 3 rings (SSSR count). The Labute approximate surface area is 107 Å². The highest BCUT2D eigenvalue weighted by molar-refractivity contribution is 5.83. The Kier molecular flexibility index (Phi) is 3.04. The van der Waals surface area contributed by atoms with E-state index in [0.29, 0.717) is 5.92 Å². The van der Waals surface area contributed by atoms with Crippen molar-refractivity contribution < 1.29 is 14.7 Å². The Morgan fingerprint density at radius 1 is 1.17 bits per heavy atom. The normalized spacial score (nSPS) is 35.3. The molecule has 4 nitrogen and oxygen atoms in total. The molecule has 0 bridgehead atoms. The second kappa shape index (κ2) is 4.56. The number of aliphatic carboxylic acids is 1. The van der Waals surface area contributed by atoms with Gasteiger partial charge in [0.25, 0.3) is 0 Å². The lowest BCUT2D eigenvalue weighted by molar-refractivity contribution is -0.142. The van der Waals surface area contributed by atoms with Crippen LogP contribution < -0.4 is 0 Å². The average molecular weight is 251 g/mol. The van der Waals surface area contributed by atoms with E-state index in [-0.39, 0.29) is 24.3 Å². The van der Waals surface area contributed by atoms with Crippen molar-refractivity contribution in [2.24, 2.45) is 17.8 Å². The number of likely N-dealkylation sites (tertiary alicyclic amines) is 1. The predicted molar refractivity (Wildman–Crippen MR) is 65.9 cm³/mol. The zero-order valence-corrected chi connectivity index (χ0v) is 10.7. The van der Waals surface area contributed by atoms with E-state index < -0.39 is 5.97 Å². The monoisotopic (exact) mass is 251 g/mol. The predicted octanol–water partition coefficient (Wildman–Crippen LogP) is 1.89. The minimum Gasteiger partial charge on any atom is -0.481 e. The van der Waals surface area contributed by atoms with E-state index in [1.165, 1.54) is 12.8 Å². The number of hydrogen-bond acceptors (Lipinski definition) is 2. The third kappa shape index (κ3) is 2.38. The van der Waals surface area contributed by atoms with Gasteiger partial charge < -0.3 is 10.0 Å². The van der Waals surface area contributed by atoms with Crippen molar-refractivity contribution >= 4 is 11.9 Å². The topological polar surface area (TPSA) is 57.6 Å². The summed E-state index contributed by atoms with van der Waals surface area (Å²) in [6.07, 6.45) is 6.71. The zero-order valence-electron chi connectivity index (χ0n) is 10.7. The maximum atomic E-state index is 12.4. The van der Waals surface area contributed by atoms with E-state index in [0.717, 1.165) is 38.1 Å². The summed E-state index contributed by atoms with van der Waals surface area (Å²) in [7, 11) is 0. The molecule has 0 aromatic carbocycles. The van der Waals surface area contributed by atoms with Crippen LogP contribution >= 0.6 is 0 Å². The number of carbonyl (C=O) groups is 2. The molecule has 2 aliphatic carbocycles. The maximum absolute atomic E-state index is 12.4. The average Bonchev–Trinajstić information content (AvgIpc) is 3.18. The van der Waals surface area contributed by atoms with Gasteiger partial charge in [0, 0.05) is 18.5 Å². The number of carboxylic acid groups (broad SMARTS) is 1. The molecule has 0 aromatic heterocycles. The summed E-state index contributed by atoms with van der Waals surface area (Å²) >= 11 is 0. The van der Waals surface area contributed by atoms with Gasteiger partial charge in [0.1, 0.15) is 0 Å². The molecule has 0 unspecified atom stereocenters. The van der Waals surface area contributed by atoms with E-state index in [1.54, 1.807) is 0 Å². The van der Waals surface area contributed by atoms with E-state index in [9.17, 15) is 9.59 Å². The Morgan fingerprint density at radius 2 is 1.94 bits per heavy atom. The van der Waals surface area contributed by atoms with Crippen LogP contribution in [-0.2, 0) is 9.59 Å². The van der Waals surface area contributed by atoms with Gasteiger partial charge in [0.15, 0.2) is 0 Å². The van der Waals surface area contributed by atoms with Crippen molar-refractivity contribution in [3.8, 4) is 0 Å². The quantitative estimate of drug-likeness (QED) is 0.830.